The zero-order valence-corrected chi connectivity index (χ0v) is 15.7. The van der Waals surface area contributed by atoms with E-state index in [1.54, 1.807) is 17.0 Å². The van der Waals surface area contributed by atoms with Crippen molar-refractivity contribution in [3.05, 3.63) is 63.2 Å². The summed E-state index contributed by atoms with van der Waals surface area (Å²) < 4.78 is 5.40. The van der Waals surface area contributed by atoms with Crippen LogP contribution in [0, 0.1) is 17.0 Å². The Balaban J connectivity index is 1.56. The Morgan fingerprint density at radius 1 is 1.19 bits per heavy atom. The number of para-hydroxylation sites is 2. The zero-order valence-electron chi connectivity index (χ0n) is 14.9. The highest BCUT2D eigenvalue weighted by Gasteiger charge is 2.23. The number of piperazine rings is 1. The summed E-state index contributed by atoms with van der Waals surface area (Å²) in [6, 6.07) is 11.8. The van der Waals surface area contributed by atoms with Crippen molar-refractivity contribution in [2.45, 2.75) is 6.92 Å². The normalized spacial score (nSPS) is 14.1. The van der Waals surface area contributed by atoms with Gasteiger partial charge in [-0.3, -0.25) is 14.9 Å². The molecule has 1 aliphatic rings. The van der Waals surface area contributed by atoms with Gasteiger partial charge in [0.05, 0.1) is 4.92 Å². The van der Waals surface area contributed by atoms with E-state index in [-0.39, 0.29) is 24.0 Å². The van der Waals surface area contributed by atoms with Crippen molar-refractivity contribution >= 4 is 28.9 Å². The van der Waals surface area contributed by atoms with E-state index in [2.05, 4.69) is 4.90 Å². The highest BCUT2D eigenvalue weighted by atomic mass is 35.5. The fourth-order valence-corrected chi connectivity index (χ4v) is 3.25. The van der Waals surface area contributed by atoms with Crippen molar-refractivity contribution in [3.8, 4) is 5.75 Å². The lowest BCUT2D eigenvalue weighted by Gasteiger charge is -2.36. The van der Waals surface area contributed by atoms with Crippen LogP contribution in [0.15, 0.2) is 42.5 Å². The van der Waals surface area contributed by atoms with E-state index in [4.69, 9.17) is 16.3 Å². The van der Waals surface area contributed by atoms with Crippen molar-refractivity contribution in [2.24, 2.45) is 0 Å². The molecule has 0 radical (unpaired) electrons. The lowest BCUT2D eigenvalue weighted by Crippen LogP contribution is -2.50. The molecule has 7 nitrogen and oxygen atoms in total. The molecule has 0 bridgehead atoms. The first-order chi connectivity index (χ1) is 13.0. The Morgan fingerprint density at radius 3 is 2.59 bits per heavy atom. The molecule has 1 fully saturated rings. The standard InChI is InChI=1S/C19H20ClN3O4/c1-14-6-7-15(20)12-17(14)21-8-10-22(11-9-21)19(24)13-27-18-5-3-2-4-16(18)23(25)26/h2-7,12H,8-11,13H2,1H3. The van der Waals surface area contributed by atoms with Crippen LogP contribution in [0.2, 0.25) is 5.02 Å². The van der Waals surface area contributed by atoms with Gasteiger partial charge in [0.25, 0.3) is 5.91 Å². The molecule has 142 valence electrons. The van der Waals surface area contributed by atoms with Gasteiger partial charge in [-0.15, -0.1) is 0 Å². The van der Waals surface area contributed by atoms with E-state index in [1.807, 2.05) is 25.1 Å². The number of halogens is 1. The van der Waals surface area contributed by atoms with E-state index < -0.39 is 4.92 Å². The number of carbonyl (C=O) groups excluding carboxylic acids is 1. The van der Waals surface area contributed by atoms with Crippen LogP contribution < -0.4 is 9.64 Å². The summed E-state index contributed by atoms with van der Waals surface area (Å²) in [6.07, 6.45) is 0. The lowest BCUT2D eigenvalue weighted by atomic mass is 10.1. The minimum Gasteiger partial charge on any atom is -0.477 e. The summed E-state index contributed by atoms with van der Waals surface area (Å²) in [6.45, 7) is 4.32. The van der Waals surface area contributed by atoms with Gasteiger partial charge in [0.2, 0.25) is 0 Å². The Morgan fingerprint density at radius 2 is 1.89 bits per heavy atom. The maximum atomic E-state index is 12.4. The summed E-state index contributed by atoms with van der Waals surface area (Å²) in [4.78, 5) is 26.8. The van der Waals surface area contributed by atoms with Crippen LogP contribution in [0.4, 0.5) is 11.4 Å². The highest BCUT2D eigenvalue weighted by Crippen LogP contribution is 2.27. The number of anilines is 1. The number of nitro benzene ring substituents is 1. The number of carbonyl (C=O) groups is 1. The van der Waals surface area contributed by atoms with Gasteiger partial charge in [-0.05, 0) is 30.7 Å². The Kier molecular flexibility index (Phi) is 5.81. The molecule has 1 saturated heterocycles. The molecule has 2 aromatic carbocycles. The second-order valence-electron chi connectivity index (χ2n) is 6.31. The van der Waals surface area contributed by atoms with Gasteiger partial charge in [-0.1, -0.05) is 29.8 Å². The molecule has 2 aromatic rings. The van der Waals surface area contributed by atoms with Crippen LogP contribution in [0.5, 0.6) is 5.75 Å². The fraction of sp³-hybridized carbons (Fsp3) is 0.316. The van der Waals surface area contributed by atoms with Crippen LogP contribution in [-0.4, -0.2) is 48.5 Å². The summed E-state index contributed by atoms with van der Waals surface area (Å²) >= 11 is 6.09. The molecule has 8 heteroatoms. The first kappa shape index (κ1) is 19.0. The number of aryl methyl sites for hydroxylation is 1. The van der Waals surface area contributed by atoms with Crippen LogP contribution in [0.1, 0.15) is 5.56 Å². The summed E-state index contributed by atoms with van der Waals surface area (Å²) in [7, 11) is 0. The maximum Gasteiger partial charge on any atom is 0.310 e. The first-order valence-electron chi connectivity index (χ1n) is 8.61. The molecule has 0 aromatic heterocycles. The number of amides is 1. The third kappa shape index (κ3) is 4.49. The number of nitro groups is 1. The van der Waals surface area contributed by atoms with Gasteiger partial charge in [0.15, 0.2) is 12.4 Å². The van der Waals surface area contributed by atoms with E-state index >= 15 is 0 Å². The van der Waals surface area contributed by atoms with Crippen LogP contribution in [0.25, 0.3) is 0 Å². The molecule has 27 heavy (non-hydrogen) atoms. The lowest BCUT2D eigenvalue weighted by molar-refractivity contribution is -0.385. The van der Waals surface area contributed by atoms with Gasteiger partial charge < -0.3 is 14.5 Å². The van der Waals surface area contributed by atoms with Gasteiger partial charge in [0, 0.05) is 43.0 Å². The SMILES string of the molecule is Cc1ccc(Cl)cc1N1CCN(C(=O)COc2ccccc2[N+](=O)[O-])CC1. The van der Waals surface area contributed by atoms with Crippen molar-refractivity contribution in [1.82, 2.24) is 4.90 Å². The van der Waals surface area contributed by atoms with E-state index in [1.165, 1.54) is 12.1 Å². The van der Waals surface area contributed by atoms with Crippen molar-refractivity contribution in [1.29, 1.82) is 0 Å². The van der Waals surface area contributed by atoms with Crippen molar-refractivity contribution in [3.63, 3.8) is 0 Å². The maximum absolute atomic E-state index is 12.4. The predicted molar refractivity (Wildman–Crippen MR) is 104 cm³/mol. The van der Waals surface area contributed by atoms with Crippen molar-refractivity contribution in [2.75, 3.05) is 37.7 Å². The average Bonchev–Trinajstić information content (AvgIpc) is 2.68. The molecule has 0 saturated carbocycles. The number of hydrogen-bond donors (Lipinski definition) is 0. The second-order valence-corrected chi connectivity index (χ2v) is 6.75. The van der Waals surface area contributed by atoms with Gasteiger partial charge >= 0.3 is 5.69 Å². The molecule has 0 unspecified atom stereocenters. The molecule has 3 rings (SSSR count). The Bertz CT molecular complexity index is 851. The molecule has 1 amide bonds. The zero-order chi connectivity index (χ0) is 19.4. The monoisotopic (exact) mass is 389 g/mol. The van der Waals surface area contributed by atoms with Crippen LogP contribution >= 0.6 is 11.6 Å². The molecular weight excluding hydrogens is 370 g/mol. The second kappa shape index (κ2) is 8.26. The number of rotatable bonds is 5. The van der Waals surface area contributed by atoms with Crippen LogP contribution in [-0.2, 0) is 4.79 Å². The van der Waals surface area contributed by atoms with Crippen LogP contribution in [0.3, 0.4) is 0 Å². The van der Waals surface area contributed by atoms with E-state index in [0.717, 1.165) is 11.3 Å². The molecule has 0 aliphatic carbocycles. The number of nitrogens with zero attached hydrogens (tertiary/aromatic N) is 3. The smallest absolute Gasteiger partial charge is 0.310 e. The third-order valence-corrected chi connectivity index (χ3v) is 4.79. The molecule has 0 spiro atoms. The summed E-state index contributed by atoms with van der Waals surface area (Å²) in [5.41, 5.74) is 2.07. The first-order valence-corrected chi connectivity index (χ1v) is 8.98. The molecular formula is C19H20ClN3O4. The quantitative estimate of drug-likeness (QED) is 0.579. The minimum absolute atomic E-state index is 0.101. The average molecular weight is 390 g/mol. The van der Waals surface area contributed by atoms with Gasteiger partial charge in [0.1, 0.15) is 0 Å². The molecule has 1 aliphatic heterocycles. The third-order valence-electron chi connectivity index (χ3n) is 4.56. The largest absolute Gasteiger partial charge is 0.477 e. The van der Waals surface area contributed by atoms with E-state index in [0.29, 0.717) is 31.2 Å². The Labute approximate surface area is 162 Å². The number of benzene rings is 2. The van der Waals surface area contributed by atoms with Crippen molar-refractivity contribution < 1.29 is 14.5 Å². The van der Waals surface area contributed by atoms with Gasteiger partial charge in [-0.2, -0.15) is 0 Å². The van der Waals surface area contributed by atoms with E-state index in [9.17, 15) is 14.9 Å². The molecule has 0 atom stereocenters. The molecule has 0 N–H and O–H groups in total. The summed E-state index contributed by atoms with van der Waals surface area (Å²) in [5.74, 6) is -0.0837. The van der Waals surface area contributed by atoms with Gasteiger partial charge in [-0.25, -0.2) is 0 Å². The Hall–Kier alpha value is -2.80. The summed E-state index contributed by atoms with van der Waals surface area (Å²) in [5, 5.41) is 11.7. The number of hydrogen-bond acceptors (Lipinski definition) is 5. The molecule has 1 heterocycles. The number of ether oxygens (including phenoxy) is 1. The topological polar surface area (TPSA) is 75.9 Å². The fourth-order valence-electron chi connectivity index (χ4n) is 3.08. The minimum atomic E-state index is -0.522. The predicted octanol–water partition coefficient (Wildman–Crippen LogP) is 3.28. The highest BCUT2D eigenvalue weighted by molar-refractivity contribution is 6.30.